The number of hydrogen-bond donors (Lipinski definition) is 0. The summed E-state index contributed by atoms with van der Waals surface area (Å²) in [5, 5.41) is 0. The van der Waals surface area contributed by atoms with Crippen LogP contribution in [0.25, 0.3) is 0 Å². The van der Waals surface area contributed by atoms with Crippen molar-refractivity contribution in [3.05, 3.63) is 94.0 Å². The molecular weight excluding hydrogens is 436 g/mol. The van der Waals surface area contributed by atoms with Crippen molar-refractivity contribution in [1.29, 1.82) is 0 Å². The predicted octanol–water partition coefficient (Wildman–Crippen LogP) is 5.08. The zero-order valence-electron chi connectivity index (χ0n) is 15.8. The number of methoxy groups -OCH3 is 1. The number of para-hydroxylation sites is 1. The lowest BCUT2D eigenvalue weighted by Crippen LogP contribution is -2.14. The Hall–Kier alpha value is -3.12. The molecule has 0 radical (unpaired) electrons. The van der Waals surface area contributed by atoms with Crippen molar-refractivity contribution in [1.82, 2.24) is 0 Å². The van der Waals surface area contributed by atoms with Crippen LogP contribution in [0, 0.1) is 0 Å². The summed E-state index contributed by atoms with van der Waals surface area (Å²) in [5.41, 5.74) is 1.50. The molecule has 0 saturated carbocycles. The monoisotopic (exact) mass is 454 g/mol. The maximum absolute atomic E-state index is 12.6. The van der Waals surface area contributed by atoms with E-state index in [0.29, 0.717) is 16.6 Å². The number of carbonyl (C=O) groups is 2. The molecule has 0 aliphatic heterocycles. The van der Waals surface area contributed by atoms with Crippen molar-refractivity contribution < 1.29 is 23.8 Å². The summed E-state index contributed by atoms with van der Waals surface area (Å²) in [7, 11) is 1.47. The predicted molar refractivity (Wildman–Crippen MR) is 113 cm³/mol. The maximum atomic E-state index is 12.6. The van der Waals surface area contributed by atoms with Gasteiger partial charge in [0.05, 0.1) is 13.7 Å². The fourth-order valence-electron chi connectivity index (χ4n) is 2.70. The van der Waals surface area contributed by atoms with E-state index in [1.165, 1.54) is 7.11 Å². The van der Waals surface area contributed by atoms with Gasteiger partial charge in [-0.3, -0.25) is 0 Å². The number of esters is 2. The molecule has 3 aromatic carbocycles. The first-order valence-electron chi connectivity index (χ1n) is 8.94. The fraction of sp³-hybridized carbons (Fsp3) is 0.130. The van der Waals surface area contributed by atoms with Gasteiger partial charge < -0.3 is 14.2 Å². The molecule has 0 fully saturated rings. The Labute approximate surface area is 177 Å². The average Bonchev–Trinajstić information content (AvgIpc) is 2.74. The summed E-state index contributed by atoms with van der Waals surface area (Å²) >= 11 is 3.33. The topological polar surface area (TPSA) is 61.8 Å². The minimum Gasteiger partial charge on any atom is -0.496 e. The first-order chi connectivity index (χ1) is 14.1. The number of rotatable bonds is 7. The second-order valence-electron chi connectivity index (χ2n) is 6.10. The minimum atomic E-state index is -0.632. The largest absolute Gasteiger partial charge is 0.496 e. The van der Waals surface area contributed by atoms with Crippen LogP contribution in [0.2, 0.25) is 0 Å². The van der Waals surface area contributed by atoms with Crippen LogP contribution < -0.4 is 9.47 Å². The van der Waals surface area contributed by atoms with Gasteiger partial charge in [0.1, 0.15) is 22.6 Å². The van der Waals surface area contributed by atoms with E-state index in [4.69, 9.17) is 14.2 Å². The molecule has 0 N–H and O–H groups in total. The zero-order valence-corrected chi connectivity index (χ0v) is 17.3. The molecule has 3 rings (SSSR count). The molecule has 0 bridgehead atoms. The van der Waals surface area contributed by atoms with Crippen molar-refractivity contribution >= 4 is 27.9 Å². The minimum absolute atomic E-state index is 0.129. The van der Waals surface area contributed by atoms with Gasteiger partial charge >= 0.3 is 11.9 Å². The van der Waals surface area contributed by atoms with Gasteiger partial charge in [-0.25, -0.2) is 9.59 Å². The molecule has 0 aliphatic rings. The van der Waals surface area contributed by atoms with Gasteiger partial charge in [-0.15, -0.1) is 0 Å². The van der Waals surface area contributed by atoms with E-state index < -0.39 is 11.9 Å². The lowest BCUT2D eigenvalue weighted by Gasteiger charge is -2.12. The first kappa shape index (κ1) is 20.6. The van der Waals surface area contributed by atoms with E-state index in [-0.39, 0.29) is 23.5 Å². The molecule has 0 unspecified atom stereocenters. The van der Waals surface area contributed by atoms with E-state index in [1.54, 1.807) is 42.5 Å². The van der Waals surface area contributed by atoms with E-state index in [1.807, 2.05) is 30.3 Å². The van der Waals surface area contributed by atoms with Crippen molar-refractivity contribution in [3.8, 4) is 11.5 Å². The molecule has 6 heteroatoms. The van der Waals surface area contributed by atoms with Crippen LogP contribution in [-0.4, -0.2) is 25.7 Å². The summed E-state index contributed by atoms with van der Waals surface area (Å²) in [6.45, 7) is 0.227. The Morgan fingerprint density at radius 1 is 0.828 bits per heavy atom. The van der Waals surface area contributed by atoms with Crippen LogP contribution in [0.4, 0.5) is 0 Å². The summed E-state index contributed by atoms with van der Waals surface area (Å²) in [5.74, 6) is -0.677. The number of benzene rings is 3. The molecule has 29 heavy (non-hydrogen) atoms. The Morgan fingerprint density at radius 2 is 1.55 bits per heavy atom. The average molecular weight is 455 g/mol. The molecule has 148 valence electrons. The summed E-state index contributed by atoms with van der Waals surface area (Å²) < 4.78 is 16.8. The van der Waals surface area contributed by atoms with Gasteiger partial charge in [0.15, 0.2) is 0 Å². The fourth-order valence-corrected chi connectivity index (χ4v) is 3.06. The van der Waals surface area contributed by atoms with Gasteiger partial charge in [0, 0.05) is 10.9 Å². The third-order valence-electron chi connectivity index (χ3n) is 4.16. The Balaban J connectivity index is 1.71. The summed E-state index contributed by atoms with van der Waals surface area (Å²) in [4.78, 5) is 25.1. The Kier molecular flexibility index (Phi) is 7.03. The van der Waals surface area contributed by atoms with E-state index in [2.05, 4.69) is 15.9 Å². The van der Waals surface area contributed by atoms with Gasteiger partial charge in [-0.05, 0) is 35.9 Å². The molecule has 0 amide bonds. The Bertz CT molecular complexity index is 1000. The van der Waals surface area contributed by atoms with E-state index >= 15 is 0 Å². The summed E-state index contributed by atoms with van der Waals surface area (Å²) in [6.07, 6.45) is 0.601. The van der Waals surface area contributed by atoms with Crippen molar-refractivity contribution in [2.24, 2.45) is 0 Å². The zero-order chi connectivity index (χ0) is 20.6. The Morgan fingerprint density at radius 3 is 2.31 bits per heavy atom. The lowest BCUT2D eigenvalue weighted by molar-refractivity contribution is 0.0503. The van der Waals surface area contributed by atoms with Crippen molar-refractivity contribution in [2.45, 2.75) is 6.42 Å². The molecule has 0 saturated heterocycles. The van der Waals surface area contributed by atoms with E-state index in [9.17, 15) is 9.59 Å². The van der Waals surface area contributed by atoms with Gasteiger partial charge in [-0.2, -0.15) is 0 Å². The number of halogens is 1. The quantitative estimate of drug-likeness (QED) is 0.368. The molecule has 5 nitrogen and oxygen atoms in total. The van der Waals surface area contributed by atoms with Crippen LogP contribution in [0.3, 0.4) is 0 Å². The second-order valence-corrected chi connectivity index (χ2v) is 7.02. The van der Waals surface area contributed by atoms with Crippen LogP contribution >= 0.6 is 15.9 Å². The van der Waals surface area contributed by atoms with Gasteiger partial charge in [0.2, 0.25) is 0 Å². The SMILES string of the molecule is COc1ccc(Br)cc1C(=O)Oc1ccccc1C(=O)OCCc1ccccc1. The maximum Gasteiger partial charge on any atom is 0.347 e. The molecular formula is C23H19BrO5. The number of carbonyl (C=O) groups excluding carboxylic acids is 2. The third kappa shape index (κ3) is 5.45. The molecule has 3 aromatic rings. The number of hydrogen-bond acceptors (Lipinski definition) is 5. The smallest absolute Gasteiger partial charge is 0.347 e. The number of ether oxygens (including phenoxy) is 3. The molecule has 0 atom stereocenters. The third-order valence-corrected chi connectivity index (χ3v) is 4.65. The van der Waals surface area contributed by atoms with Gasteiger partial charge in [0.25, 0.3) is 0 Å². The molecule has 0 aromatic heterocycles. The second kappa shape index (κ2) is 9.89. The van der Waals surface area contributed by atoms with Crippen molar-refractivity contribution in [3.63, 3.8) is 0 Å². The normalized spacial score (nSPS) is 10.3. The standard InChI is InChI=1S/C23H19BrO5/c1-27-20-12-11-17(24)15-19(20)23(26)29-21-10-6-5-9-18(21)22(25)28-14-13-16-7-3-2-4-8-16/h2-12,15H,13-14H2,1H3. The van der Waals surface area contributed by atoms with Crippen molar-refractivity contribution in [2.75, 3.05) is 13.7 Å². The van der Waals surface area contributed by atoms with Crippen LogP contribution in [0.1, 0.15) is 26.3 Å². The highest BCUT2D eigenvalue weighted by Gasteiger charge is 2.20. The van der Waals surface area contributed by atoms with Crippen LogP contribution in [-0.2, 0) is 11.2 Å². The molecule has 0 aliphatic carbocycles. The lowest BCUT2D eigenvalue weighted by atomic mass is 10.1. The van der Waals surface area contributed by atoms with Crippen LogP contribution in [0.15, 0.2) is 77.3 Å². The van der Waals surface area contributed by atoms with Gasteiger partial charge in [-0.1, -0.05) is 58.4 Å². The van der Waals surface area contributed by atoms with E-state index in [0.717, 1.165) is 5.56 Å². The first-order valence-corrected chi connectivity index (χ1v) is 9.73. The highest BCUT2D eigenvalue weighted by Crippen LogP contribution is 2.26. The van der Waals surface area contributed by atoms with Crippen LogP contribution in [0.5, 0.6) is 11.5 Å². The molecule has 0 spiro atoms. The molecule has 0 heterocycles. The summed E-state index contributed by atoms with van der Waals surface area (Å²) in [6, 6.07) is 21.2. The highest BCUT2D eigenvalue weighted by molar-refractivity contribution is 9.10. The highest BCUT2D eigenvalue weighted by atomic mass is 79.9.